The molecule has 0 unspecified atom stereocenters. The van der Waals surface area contributed by atoms with Crippen LogP contribution in [0.5, 0.6) is 0 Å². The maximum Gasteiger partial charge on any atom is 0.411 e. The second-order valence-corrected chi connectivity index (χ2v) is 4.85. The molecule has 0 spiro atoms. The zero-order valence-electron chi connectivity index (χ0n) is 8.13. The molecule has 0 radical (unpaired) electrons. The van der Waals surface area contributed by atoms with Crippen LogP contribution in [-0.4, -0.2) is 29.4 Å². The first kappa shape index (κ1) is 9.09. The molecule has 0 N–H and O–H groups in total. The van der Waals surface area contributed by atoms with E-state index in [1.807, 2.05) is 34.9 Å². The fourth-order valence-corrected chi connectivity index (χ4v) is 3.47. The van der Waals surface area contributed by atoms with Crippen molar-refractivity contribution in [3.05, 3.63) is 35.9 Å². The van der Waals surface area contributed by atoms with Crippen LogP contribution in [0.4, 0.5) is 4.79 Å². The van der Waals surface area contributed by atoms with Gasteiger partial charge in [0.1, 0.15) is 12.0 Å². The zero-order valence-corrected chi connectivity index (χ0v) is 8.94. The highest BCUT2D eigenvalue weighted by Gasteiger charge is 2.44. The Morgan fingerprint density at radius 1 is 1.33 bits per heavy atom. The average Bonchev–Trinajstić information content (AvgIpc) is 2.84. The summed E-state index contributed by atoms with van der Waals surface area (Å²) >= 11 is 1.82. The molecular weight excluding hydrogens is 210 g/mol. The summed E-state index contributed by atoms with van der Waals surface area (Å²) in [5, 5.41) is 0.145. The highest BCUT2D eigenvalue weighted by Crippen LogP contribution is 2.43. The minimum Gasteiger partial charge on any atom is -0.447 e. The Hall–Kier alpha value is -1.16. The zero-order chi connectivity index (χ0) is 10.3. The van der Waals surface area contributed by atoms with Crippen LogP contribution >= 0.6 is 11.8 Å². The van der Waals surface area contributed by atoms with Crippen LogP contribution in [-0.2, 0) is 4.74 Å². The van der Waals surface area contributed by atoms with Crippen molar-refractivity contribution in [2.24, 2.45) is 0 Å². The lowest BCUT2D eigenvalue weighted by Crippen LogP contribution is -2.30. The van der Waals surface area contributed by atoms with E-state index in [9.17, 15) is 4.79 Å². The molecule has 2 heterocycles. The molecule has 2 atom stereocenters. The van der Waals surface area contributed by atoms with E-state index in [0.717, 1.165) is 5.75 Å². The fraction of sp³-hybridized carbons (Fsp3) is 0.364. The molecule has 15 heavy (non-hydrogen) atoms. The van der Waals surface area contributed by atoms with Gasteiger partial charge in [0, 0.05) is 5.75 Å². The summed E-state index contributed by atoms with van der Waals surface area (Å²) in [6, 6.07) is 10.4. The van der Waals surface area contributed by atoms with Crippen LogP contribution in [0.25, 0.3) is 0 Å². The van der Waals surface area contributed by atoms with E-state index in [-0.39, 0.29) is 17.5 Å². The van der Waals surface area contributed by atoms with Gasteiger partial charge in [0.05, 0.1) is 6.04 Å². The average molecular weight is 221 g/mol. The maximum absolute atomic E-state index is 11.5. The Kier molecular flexibility index (Phi) is 2.09. The minimum absolute atomic E-state index is 0.145. The van der Waals surface area contributed by atoms with Crippen LogP contribution in [0.15, 0.2) is 30.3 Å². The van der Waals surface area contributed by atoms with Crippen LogP contribution in [0, 0.1) is 0 Å². The fourth-order valence-electron chi connectivity index (χ4n) is 2.04. The van der Waals surface area contributed by atoms with Gasteiger partial charge in [0.25, 0.3) is 0 Å². The summed E-state index contributed by atoms with van der Waals surface area (Å²) in [7, 11) is 0. The van der Waals surface area contributed by atoms with E-state index in [1.54, 1.807) is 0 Å². The number of hydrogen-bond donors (Lipinski definition) is 0. The topological polar surface area (TPSA) is 29.5 Å². The lowest BCUT2D eigenvalue weighted by Gasteiger charge is -2.20. The van der Waals surface area contributed by atoms with Crippen molar-refractivity contribution in [2.75, 3.05) is 12.4 Å². The summed E-state index contributed by atoms with van der Waals surface area (Å²) in [6.45, 7) is 0.551. The summed E-state index contributed by atoms with van der Waals surface area (Å²) < 4.78 is 5.05. The molecule has 2 aliphatic heterocycles. The normalized spacial score (nSPS) is 29.1. The van der Waals surface area contributed by atoms with E-state index < -0.39 is 0 Å². The molecule has 1 aromatic carbocycles. The third kappa shape index (κ3) is 1.40. The molecule has 3 rings (SSSR count). The monoisotopic (exact) mass is 221 g/mol. The van der Waals surface area contributed by atoms with E-state index in [4.69, 9.17) is 4.74 Å². The summed E-state index contributed by atoms with van der Waals surface area (Å²) in [5.74, 6) is 0.977. The predicted molar refractivity (Wildman–Crippen MR) is 58.6 cm³/mol. The quantitative estimate of drug-likeness (QED) is 0.728. The largest absolute Gasteiger partial charge is 0.447 e. The molecule has 0 bridgehead atoms. The van der Waals surface area contributed by atoms with Crippen LogP contribution in [0.2, 0.25) is 0 Å². The number of hydrogen-bond acceptors (Lipinski definition) is 3. The van der Waals surface area contributed by atoms with Gasteiger partial charge in [-0.25, -0.2) is 4.79 Å². The summed E-state index contributed by atoms with van der Waals surface area (Å²) in [6.07, 6.45) is -0.168. The number of amides is 1. The molecule has 0 saturated carbocycles. The van der Waals surface area contributed by atoms with Gasteiger partial charge in [-0.2, -0.15) is 0 Å². The minimum atomic E-state index is -0.168. The highest BCUT2D eigenvalue weighted by molar-refractivity contribution is 7.99. The second kappa shape index (κ2) is 3.45. The first-order chi connectivity index (χ1) is 7.36. The van der Waals surface area contributed by atoms with Crippen molar-refractivity contribution < 1.29 is 9.53 Å². The van der Waals surface area contributed by atoms with E-state index in [2.05, 4.69) is 12.1 Å². The smallest absolute Gasteiger partial charge is 0.411 e. The van der Waals surface area contributed by atoms with Gasteiger partial charge < -0.3 is 4.74 Å². The molecule has 78 valence electrons. The van der Waals surface area contributed by atoms with Crippen molar-refractivity contribution in [2.45, 2.75) is 11.4 Å². The first-order valence-corrected chi connectivity index (χ1v) is 6.03. The number of carbonyl (C=O) groups is 1. The molecule has 0 aliphatic carbocycles. The highest BCUT2D eigenvalue weighted by atomic mass is 32.2. The Morgan fingerprint density at radius 2 is 2.13 bits per heavy atom. The number of carbonyl (C=O) groups excluding carboxylic acids is 1. The summed E-state index contributed by atoms with van der Waals surface area (Å²) in [5.41, 5.74) is 1.18. The lowest BCUT2D eigenvalue weighted by atomic mass is 10.2. The number of thioether (sulfide) groups is 1. The SMILES string of the molecule is O=C1OC[C@@H]2CS[C@H](c3ccccc3)N12. The van der Waals surface area contributed by atoms with Crippen LogP contribution < -0.4 is 0 Å². The number of nitrogens with zero attached hydrogens (tertiary/aromatic N) is 1. The van der Waals surface area contributed by atoms with E-state index in [1.165, 1.54) is 5.56 Å². The number of cyclic esters (lactones) is 1. The van der Waals surface area contributed by atoms with Crippen molar-refractivity contribution in [1.82, 2.24) is 4.90 Å². The Labute approximate surface area is 92.4 Å². The van der Waals surface area contributed by atoms with Crippen molar-refractivity contribution >= 4 is 17.9 Å². The molecule has 3 nitrogen and oxygen atoms in total. The van der Waals surface area contributed by atoms with Gasteiger partial charge in [-0.15, -0.1) is 11.8 Å². The summed E-state index contributed by atoms with van der Waals surface area (Å²) in [4.78, 5) is 13.4. The molecule has 4 heteroatoms. The van der Waals surface area contributed by atoms with Gasteiger partial charge in [-0.1, -0.05) is 30.3 Å². The Balaban J connectivity index is 1.92. The lowest BCUT2D eigenvalue weighted by molar-refractivity contribution is 0.156. The standard InChI is InChI=1S/C11H11NO2S/c13-11-12-9(6-14-11)7-15-10(12)8-4-2-1-3-5-8/h1-5,9-10H,6-7H2/t9-,10-/m1/s1. The number of fused-ring (bicyclic) bond motifs is 1. The number of benzene rings is 1. The van der Waals surface area contributed by atoms with Gasteiger partial charge in [-0.05, 0) is 5.56 Å². The Morgan fingerprint density at radius 3 is 2.93 bits per heavy atom. The molecule has 0 aromatic heterocycles. The number of ether oxygens (including phenoxy) is 1. The second-order valence-electron chi connectivity index (χ2n) is 3.73. The third-order valence-electron chi connectivity index (χ3n) is 2.79. The van der Waals surface area contributed by atoms with Gasteiger partial charge in [0.15, 0.2) is 0 Å². The first-order valence-electron chi connectivity index (χ1n) is 4.98. The Bertz CT molecular complexity index is 381. The van der Waals surface area contributed by atoms with Gasteiger partial charge in [0.2, 0.25) is 0 Å². The van der Waals surface area contributed by atoms with Crippen LogP contribution in [0.3, 0.4) is 0 Å². The predicted octanol–water partition coefficient (Wildman–Crippen LogP) is 2.25. The van der Waals surface area contributed by atoms with E-state index >= 15 is 0 Å². The molecule has 1 aromatic rings. The van der Waals surface area contributed by atoms with E-state index in [0.29, 0.717) is 6.61 Å². The van der Waals surface area contributed by atoms with Crippen LogP contribution in [0.1, 0.15) is 10.9 Å². The van der Waals surface area contributed by atoms with Crippen molar-refractivity contribution in [3.63, 3.8) is 0 Å². The van der Waals surface area contributed by atoms with Crippen molar-refractivity contribution in [3.8, 4) is 0 Å². The van der Waals surface area contributed by atoms with Gasteiger partial charge >= 0.3 is 6.09 Å². The molecule has 2 fully saturated rings. The van der Waals surface area contributed by atoms with Gasteiger partial charge in [-0.3, -0.25) is 4.90 Å². The molecule has 1 amide bonds. The molecular formula is C11H11NO2S. The third-order valence-corrected chi connectivity index (χ3v) is 4.18. The molecule has 2 saturated heterocycles. The molecule has 2 aliphatic rings. The number of rotatable bonds is 1. The van der Waals surface area contributed by atoms with Crippen molar-refractivity contribution in [1.29, 1.82) is 0 Å². The maximum atomic E-state index is 11.5.